The molecule has 3 nitrogen and oxygen atoms in total. The zero-order valence-corrected chi connectivity index (χ0v) is 8.44. The molecule has 0 saturated carbocycles. The summed E-state index contributed by atoms with van der Waals surface area (Å²) in [4.78, 5) is 4.32. The van der Waals surface area contributed by atoms with Crippen LogP contribution >= 0.6 is 0 Å². The molecule has 0 unspecified atom stereocenters. The van der Waals surface area contributed by atoms with E-state index in [1.165, 1.54) is 0 Å². The molecule has 0 atom stereocenters. The van der Waals surface area contributed by atoms with Crippen molar-refractivity contribution in [3.05, 3.63) is 30.6 Å². The minimum absolute atomic E-state index is 0.320. The fourth-order valence-electron chi connectivity index (χ4n) is 1.51. The molecular formula is C11H13N3. The normalized spacial score (nSPS) is 11.1. The number of pyridine rings is 1. The number of hydrogen-bond donors (Lipinski definition) is 0. The second-order valence-corrected chi connectivity index (χ2v) is 3.50. The lowest BCUT2D eigenvalue weighted by Gasteiger charge is -2.04. The van der Waals surface area contributed by atoms with E-state index in [2.05, 4.69) is 30.5 Å². The minimum atomic E-state index is 0.320. The van der Waals surface area contributed by atoms with Gasteiger partial charge in [0.25, 0.3) is 0 Å². The van der Waals surface area contributed by atoms with Gasteiger partial charge in [0.15, 0.2) is 5.65 Å². The molecule has 2 aromatic rings. The third kappa shape index (κ3) is 1.21. The molecule has 2 rings (SSSR count). The first-order valence-electron chi connectivity index (χ1n) is 4.69. The molecule has 0 saturated heterocycles. The van der Waals surface area contributed by atoms with Crippen LogP contribution in [0.3, 0.4) is 0 Å². The summed E-state index contributed by atoms with van der Waals surface area (Å²) in [5.41, 5.74) is 1.83. The van der Waals surface area contributed by atoms with E-state index in [0.717, 1.165) is 16.7 Å². The van der Waals surface area contributed by atoms with Crippen LogP contribution in [0.2, 0.25) is 0 Å². The van der Waals surface area contributed by atoms with E-state index >= 15 is 0 Å². The van der Waals surface area contributed by atoms with Crippen LogP contribution in [0.5, 0.6) is 0 Å². The number of aromatic nitrogens is 3. The highest BCUT2D eigenvalue weighted by Crippen LogP contribution is 2.19. The summed E-state index contributed by atoms with van der Waals surface area (Å²) in [6.07, 6.45) is 3.55. The fraction of sp³-hybridized carbons (Fsp3) is 0.273. The number of hydrogen-bond acceptors (Lipinski definition) is 2. The number of fused-ring (bicyclic) bond motifs is 1. The maximum absolute atomic E-state index is 4.44. The van der Waals surface area contributed by atoms with Crippen LogP contribution < -0.4 is 0 Å². The lowest BCUT2D eigenvalue weighted by molar-refractivity contribution is 0.545. The van der Waals surface area contributed by atoms with Crippen molar-refractivity contribution in [2.24, 2.45) is 0 Å². The van der Waals surface area contributed by atoms with Crippen LogP contribution in [0.1, 0.15) is 25.6 Å². The molecule has 14 heavy (non-hydrogen) atoms. The average molecular weight is 187 g/mol. The second-order valence-electron chi connectivity index (χ2n) is 3.50. The van der Waals surface area contributed by atoms with Crippen LogP contribution in [-0.2, 0) is 0 Å². The summed E-state index contributed by atoms with van der Waals surface area (Å²) in [6.45, 7) is 7.93. The van der Waals surface area contributed by atoms with Crippen LogP contribution in [-0.4, -0.2) is 14.8 Å². The Bertz CT molecular complexity index is 468. The van der Waals surface area contributed by atoms with Gasteiger partial charge in [-0.3, -0.25) is 0 Å². The van der Waals surface area contributed by atoms with Crippen molar-refractivity contribution in [3.8, 4) is 0 Å². The fourth-order valence-corrected chi connectivity index (χ4v) is 1.51. The highest BCUT2D eigenvalue weighted by atomic mass is 15.3. The summed E-state index contributed by atoms with van der Waals surface area (Å²) < 4.78 is 1.92. The Kier molecular flexibility index (Phi) is 2.08. The van der Waals surface area contributed by atoms with E-state index in [0.29, 0.717) is 6.04 Å². The Balaban J connectivity index is 2.79. The van der Waals surface area contributed by atoms with E-state index in [1.54, 1.807) is 12.3 Å². The molecule has 0 bridgehead atoms. The molecule has 3 heteroatoms. The van der Waals surface area contributed by atoms with Crippen molar-refractivity contribution in [1.82, 2.24) is 14.8 Å². The van der Waals surface area contributed by atoms with Gasteiger partial charge >= 0.3 is 0 Å². The van der Waals surface area contributed by atoms with E-state index in [1.807, 2.05) is 16.8 Å². The molecule has 0 amide bonds. The molecule has 0 aliphatic carbocycles. The Morgan fingerprint density at radius 2 is 2.29 bits per heavy atom. The van der Waals surface area contributed by atoms with Gasteiger partial charge in [-0.25, -0.2) is 9.67 Å². The highest BCUT2D eigenvalue weighted by Gasteiger charge is 2.10. The predicted octanol–water partition coefficient (Wildman–Crippen LogP) is 2.66. The van der Waals surface area contributed by atoms with Gasteiger partial charge in [0.2, 0.25) is 0 Å². The van der Waals surface area contributed by atoms with Crippen LogP contribution in [0.4, 0.5) is 0 Å². The number of nitrogens with zero attached hydrogens (tertiary/aromatic N) is 3. The monoisotopic (exact) mass is 187 g/mol. The van der Waals surface area contributed by atoms with Gasteiger partial charge in [-0.15, -0.1) is 0 Å². The molecule has 0 fully saturated rings. The van der Waals surface area contributed by atoms with Gasteiger partial charge in [-0.2, -0.15) is 5.10 Å². The summed E-state index contributed by atoms with van der Waals surface area (Å²) in [6, 6.07) is 4.26. The van der Waals surface area contributed by atoms with E-state index in [-0.39, 0.29) is 0 Å². The zero-order valence-electron chi connectivity index (χ0n) is 8.44. The van der Waals surface area contributed by atoms with Gasteiger partial charge in [-0.1, -0.05) is 6.58 Å². The van der Waals surface area contributed by atoms with Crippen molar-refractivity contribution in [2.45, 2.75) is 19.9 Å². The van der Waals surface area contributed by atoms with Gasteiger partial charge in [0.05, 0.1) is 5.69 Å². The highest BCUT2D eigenvalue weighted by molar-refractivity contribution is 5.83. The van der Waals surface area contributed by atoms with Gasteiger partial charge in [0.1, 0.15) is 0 Å². The van der Waals surface area contributed by atoms with Crippen LogP contribution in [0.15, 0.2) is 24.9 Å². The summed E-state index contributed by atoms with van der Waals surface area (Å²) >= 11 is 0. The molecule has 0 N–H and O–H groups in total. The molecule has 0 aliphatic rings. The standard InChI is InChI=1S/C11H13N3/c1-4-10-9-6-5-7-12-11(9)14(13-10)8(2)3/h4-8H,1H2,2-3H3. The average Bonchev–Trinajstić information content (AvgIpc) is 2.56. The predicted molar refractivity (Wildman–Crippen MR) is 58.0 cm³/mol. The molecule has 2 aromatic heterocycles. The Labute approximate surface area is 83.1 Å². The molecule has 0 spiro atoms. The molecular weight excluding hydrogens is 174 g/mol. The van der Waals surface area contributed by atoms with Crippen molar-refractivity contribution >= 4 is 17.1 Å². The van der Waals surface area contributed by atoms with Crippen molar-refractivity contribution in [3.63, 3.8) is 0 Å². The van der Waals surface area contributed by atoms with E-state index in [4.69, 9.17) is 0 Å². The zero-order chi connectivity index (χ0) is 10.1. The quantitative estimate of drug-likeness (QED) is 0.723. The van der Waals surface area contributed by atoms with Gasteiger partial charge in [0, 0.05) is 17.6 Å². The lowest BCUT2D eigenvalue weighted by Crippen LogP contribution is -2.03. The summed E-state index contributed by atoms with van der Waals surface area (Å²) in [5, 5.41) is 5.51. The molecule has 0 aliphatic heterocycles. The van der Waals surface area contributed by atoms with Crippen molar-refractivity contribution in [2.75, 3.05) is 0 Å². The summed E-state index contributed by atoms with van der Waals surface area (Å²) in [7, 11) is 0. The molecule has 0 aromatic carbocycles. The largest absolute Gasteiger partial charge is 0.244 e. The van der Waals surface area contributed by atoms with Gasteiger partial charge < -0.3 is 0 Å². The number of rotatable bonds is 2. The van der Waals surface area contributed by atoms with Gasteiger partial charge in [-0.05, 0) is 32.1 Å². The summed E-state index contributed by atoms with van der Waals surface area (Å²) in [5.74, 6) is 0. The first-order valence-corrected chi connectivity index (χ1v) is 4.69. The first-order chi connectivity index (χ1) is 6.74. The maximum atomic E-state index is 4.44. The second kappa shape index (κ2) is 3.25. The smallest absolute Gasteiger partial charge is 0.158 e. The van der Waals surface area contributed by atoms with Crippen molar-refractivity contribution in [1.29, 1.82) is 0 Å². The third-order valence-electron chi connectivity index (χ3n) is 2.18. The lowest BCUT2D eigenvalue weighted by atomic mass is 10.2. The minimum Gasteiger partial charge on any atom is -0.244 e. The Morgan fingerprint density at radius 3 is 2.93 bits per heavy atom. The third-order valence-corrected chi connectivity index (χ3v) is 2.18. The Morgan fingerprint density at radius 1 is 1.50 bits per heavy atom. The first kappa shape index (κ1) is 8.94. The maximum Gasteiger partial charge on any atom is 0.158 e. The Hall–Kier alpha value is -1.64. The van der Waals surface area contributed by atoms with Crippen molar-refractivity contribution < 1.29 is 0 Å². The molecule has 0 radical (unpaired) electrons. The topological polar surface area (TPSA) is 30.7 Å². The molecule has 72 valence electrons. The van der Waals surface area contributed by atoms with Crippen LogP contribution in [0.25, 0.3) is 17.1 Å². The molecule has 2 heterocycles. The van der Waals surface area contributed by atoms with E-state index < -0.39 is 0 Å². The van der Waals surface area contributed by atoms with Crippen LogP contribution in [0, 0.1) is 0 Å². The van der Waals surface area contributed by atoms with E-state index in [9.17, 15) is 0 Å². The SMILES string of the molecule is C=Cc1nn(C(C)C)c2ncccc12.